The van der Waals surface area contributed by atoms with Gasteiger partial charge in [-0.25, -0.2) is 0 Å². The van der Waals surface area contributed by atoms with E-state index in [2.05, 4.69) is 176 Å². The van der Waals surface area contributed by atoms with Crippen molar-refractivity contribution in [3.8, 4) is 22.6 Å². The zero-order valence-electron chi connectivity index (χ0n) is 29.4. The number of hydrogen-bond acceptors (Lipinski definition) is 5. The van der Waals surface area contributed by atoms with Crippen LogP contribution in [0.2, 0.25) is 0 Å². The Kier molecular flexibility index (Phi) is 9.64. The van der Waals surface area contributed by atoms with Crippen LogP contribution >= 0.6 is 0 Å². The number of fused-ring (bicyclic) bond motifs is 3. The van der Waals surface area contributed by atoms with Crippen LogP contribution in [0.15, 0.2) is 152 Å². The number of ether oxygens (including phenoxy) is 1. The number of pyridine rings is 1. The SMILES string of the molecule is CC(C)(C)c1ccnc(N2c3[c-]c(Oc4[c-]c(N5[CH-]N(c6ccccc6)c6c(-c7ccccc7)cccc65)ccc4)ccc3[Te]c3ccccc32)c1.[Pt]. The van der Waals surface area contributed by atoms with Crippen LogP contribution in [-0.4, -0.2) is 25.9 Å². The van der Waals surface area contributed by atoms with Gasteiger partial charge in [-0.15, -0.1) is 0 Å². The molecular weight excluding hydrogens is 947 g/mol. The zero-order valence-corrected chi connectivity index (χ0v) is 34.0. The largest absolute Gasteiger partial charge is 0 e. The third kappa shape index (κ3) is 6.77. The van der Waals surface area contributed by atoms with Crippen molar-refractivity contribution in [1.82, 2.24) is 4.98 Å². The van der Waals surface area contributed by atoms with Crippen molar-refractivity contribution in [2.45, 2.75) is 26.2 Å². The molecule has 3 heterocycles. The third-order valence-electron chi connectivity index (χ3n) is 9.35. The van der Waals surface area contributed by atoms with Crippen LogP contribution in [0.5, 0.6) is 11.5 Å². The van der Waals surface area contributed by atoms with E-state index in [-0.39, 0.29) is 26.5 Å². The topological polar surface area (TPSA) is 31.8 Å². The molecule has 9 rings (SSSR count). The molecule has 0 radical (unpaired) electrons. The smallest absolute Gasteiger partial charge is 0 e. The van der Waals surface area contributed by atoms with Gasteiger partial charge >= 0.3 is 245 Å². The van der Waals surface area contributed by atoms with Crippen LogP contribution in [-0.2, 0) is 26.5 Å². The first-order valence-electron chi connectivity index (χ1n) is 17.4. The minimum Gasteiger partial charge on any atom is 0 e. The van der Waals surface area contributed by atoms with E-state index in [1.54, 1.807) is 0 Å². The fraction of sp³-hybridized carbons (Fsp3) is 0.0870. The second kappa shape index (κ2) is 14.5. The van der Waals surface area contributed by atoms with E-state index in [0.717, 1.165) is 39.8 Å². The molecule has 0 saturated carbocycles. The number of hydrogen-bond donors (Lipinski definition) is 0. The van der Waals surface area contributed by atoms with Crippen LogP contribution in [0.4, 0.5) is 39.9 Å². The van der Waals surface area contributed by atoms with Crippen LogP contribution in [0.3, 0.4) is 0 Å². The minimum atomic E-state index is -0.631. The molecule has 0 fully saturated rings. The number of aromatic nitrogens is 1. The van der Waals surface area contributed by atoms with Crippen LogP contribution in [0.25, 0.3) is 11.1 Å². The first-order valence-corrected chi connectivity index (χ1v) is 19.7. The summed E-state index contributed by atoms with van der Waals surface area (Å²) in [5.74, 6) is 2.14. The van der Waals surface area contributed by atoms with Crippen molar-refractivity contribution in [3.05, 3.63) is 176 Å². The molecule has 0 aliphatic carbocycles. The van der Waals surface area contributed by atoms with Crippen molar-refractivity contribution in [1.29, 1.82) is 0 Å². The van der Waals surface area contributed by atoms with Gasteiger partial charge in [-0.2, -0.15) is 0 Å². The normalized spacial score (nSPS) is 13.2. The van der Waals surface area contributed by atoms with Gasteiger partial charge in [-0.1, -0.05) is 54.6 Å². The van der Waals surface area contributed by atoms with Crippen molar-refractivity contribution in [3.63, 3.8) is 0 Å². The van der Waals surface area contributed by atoms with Gasteiger partial charge in [0.15, 0.2) is 0 Å². The third-order valence-corrected chi connectivity index (χ3v) is 12.5. The summed E-state index contributed by atoms with van der Waals surface area (Å²) in [7, 11) is 0. The monoisotopic (exact) mass is 984 g/mol. The van der Waals surface area contributed by atoms with Gasteiger partial charge in [0, 0.05) is 21.1 Å². The average molecular weight is 982 g/mol. The molecule has 5 nitrogen and oxygen atoms in total. The zero-order chi connectivity index (χ0) is 35.2. The summed E-state index contributed by atoms with van der Waals surface area (Å²) in [6, 6.07) is 58.1. The molecule has 1 aromatic heterocycles. The summed E-state index contributed by atoms with van der Waals surface area (Å²) in [6.07, 6.45) is 1.92. The summed E-state index contributed by atoms with van der Waals surface area (Å²) in [5, 5.41) is 0. The number of nitrogens with zero attached hydrogens (tertiary/aromatic N) is 4. The Bertz CT molecular complexity index is 2410. The summed E-state index contributed by atoms with van der Waals surface area (Å²) < 4.78 is 9.27. The van der Waals surface area contributed by atoms with Gasteiger partial charge in [0.2, 0.25) is 0 Å². The van der Waals surface area contributed by atoms with Gasteiger partial charge in [0.1, 0.15) is 0 Å². The quantitative estimate of drug-likeness (QED) is 0.122. The maximum atomic E-state index is 6.59. The number of anilines is 7. The summed E-state index contributed by atoms with van der Waals surface area (Å²) in [6.45, 7) is 8.85. The van der Waals surface area contributed by atoms with Crippen molar-refractivity contribution in [2.24, 2.45) is 0 Å². The first-order chi connectivity index (χ1) is 25.4. The molecule has 0 amide bonds. The second-order valence-electron chi connectivity index (χ2n) is 13.8. The molecule has 6 aromatic carbocycles. The number of benzene rings is 6. The molecule has 0 bridgehead atoms. The summed E-state index contributed by atoms with van der Waals surface area (Å²) >= 11 is -0.631. The molecule has 7 heteroatoms. The van der Waals surface area contributed by atoms with Crippen LogP contribution in [0, 0.1) is 18.8 Å². The van der Waals surface area contributed by atoms with Crippen molar-refractivity contribution in [2.75, 3.05) is 14.7 Å². The van der Waals surface area contributed by atoms with Crippen molar-refractivity contribution < 1.29 is 25.8 Å². The summed E-state index contributed by atoms with van der Waals surface area (Å²) in [4.78, 5) is 11.6. The van der Waals surface area contributed by atoms with Gasteiger partial charge in [-0.05, 0) is 17.7 Å². The maximum absolute atomic E-state index is 6.59. The molecule has 53 heavy (non-hydrogen) atoms. The van der Waals surface area contributed by atoms with E-state index in [1.165, 1.54) is 24.0 Å². The molecular formula is C46H35N4OPtTe-3. The van der Waals surface area contributed by atoms with Gasteiger partial charge < -0.3 is 0 Å². The van der Waals surface area contributed by atoms with Crippen LogP contribution in [0.1, 0.15) is 26.3 Å². The fourth-order valence-electron chi connectivity index (χ4n) is 6.77. The molecule has 0 spiro atoms. The Labute approximate surface area is 336 Å². The predicted molar refractivity (Wildman–Crippen MR) is 214 cm³/mol. The van der Waals surface area contributed by atoms with E-state index in [0.29, 0.717) is 11.5 Å². The molecule has 264 valence electrons. The Morgan fingerprint density at radius 2 is 1.38 bits per heavy atom. The molecule has 2 aliphatic rings. The summed E-state index contributed by atoms with van der Waals surface area (Å²) in [5.41, 5.74) is 9.88. The Morgan fingerprint density at radius 1 is 0.660 bits per heavy atom. The van der Waals surface area contributed by atoms with E-state index in [1.807, 2.05) is 30.5 Å². The Hall–Kier alpha value is -4.85. The van der Waals surface area contributed by atoms with Gasteiger partial charge in [-0.3, -0.25) is 0 Å². The fourth-order valence-corrected chi connectivity index (χ4v) is 9.68. The molecule has 2 aliphatic heterocycles. The molecule has 0 atom stereocenters. The van der Waals surface area contributed by atoms with Crippen molar-refractivity contribution >= 4 is 68.1 Å². The molecule has 7 aromatic rings. The van der Waals surface area contributed by atoms with Crippen LogP contribution < -0.4 is 26.7 Å². The first kappa shape index (κ1) is 35.2. The average Bonchev–Trinajstić information content (AvgIpc) is 3.58. The van der Waals surface area contributed by atoms with Gasteiger partial charge in [0.05, 0.1) is 0 Å². The Balaban J connectivity index is 0.00000400. The van der Waals surface area contributed by atoms with E-state index < -0.39 is 20.9 Å². The van der Waals surface area contributed by atoms with E-state index in [4.69, 9.17) is 9.72 Å². The number of rotatable bonds is 6. The second-order valence-corrected chi connectivity index (χ2v) is 16.9. The van der Waals surface area contributed by atoms with Gasteiger partial charge in [0.25, 0.3) is 0 Å². The standard InChI is InChI=1S/C46H35N4OTe.Pt/c1-46(2,3)33-26-27-47-44(28-33)50-39-21-10-11-23-42(39)52-43-25-24-37(30-41(43)50)51-36-19-12-18-35(29-36)48-31-49(34-16-8-5-9-17-34)45-38(20-13-22-40(45)48)32-14-6-4-7-15-32;/h4-28,31H,1-3H3;/q-3;. The number of para-hydroxylation sites is 3. The minimum absolute atomic E-state index is 0. The molecule has 0 unspecified atom stereocenters. The van der Waals surface area contributed by atoms with E-state index >= 15 is 0 Å². The predicted octanol–water partition coefficient (Wildman–Crippen LogP) is 10.3. The maximum Gasteiger partial charge on any atom is 0 e. The van der Waals surface area contributed by atoms with E-state index in [9.17, 15) is 0 Å². The molecule has 0 N–H and O–H groups in total. The molecule has 0 saturated heterocycles. The Morgan fingerprint density at radius 3 is 2.19 bits per heavy atom.